The van der Waals surface area contributed by atoms with Crippen molar-refractivity contribution >= 4 is 17.6 Å². The zero-order valence-electron chi connectivity index (χ0n) is 15.7. The standard InChI is InChI=1S/C21H21N3O4/c1-14-20(15(2)24(23-14)18-6-4-3-5-7-18)22-19(26)13-28-21(27)17-10-8-16(12-25)9-11-17/h3-11,25H,12-13H2,1-2H3,(H,22,26). The molecule has 1 amide bonds. The van der Waals surface area contributed by atoms with E-state index in [1.165, 1.54) is 0 Å². The highest BCUT2D eigenvalue weighted by atomic mass is 16.5. The summed E-state index contributed by atoms with van der Waals surface area (Å²) in [5.74, 6) is -1.05. The van der Waals surface area contributed by atoms with Gasteiger partial charge in [0.1, 0.15) is 0 Å². The van der Waals surface area contributed by atoms with Crippen LogP contribution in [0, 0.1) is 13.8 Å². The predicted octanol–water partition coefficient (Wildman–Crippen LogP) is 2.78. The Morgan fingerprint density at radius 3 is 2.39 bits per heavy atom. The molecule has 28 heavy (non-hydrogen) atoms. The second-order valence-corrected chi connectivity index (χ2v) is 6.27. The van der Waals surface area contributed by atoms with Gasteiger partial charge in [0.2, 0.25) is 0 Å². The van der Waals surface area contributed by atoms with Crippen LogP contribution in [0.5, 0.6) is 0 Å². The van der Waals surface area contributed by atoms with Crippen molar-refractivity contribution in [2.45, 2.75) is 20.5 Å². The number of carbonyl (C=O) groups excluding carboxylic acids is 2. The number of hydrogen-bond acceptors (Lipinski definition) is 5. The summed E-state index contributed by atoms with van der Waals surface area (Å²) in [6.07, 6.45) is 0. The molecule has 0 saturated carbocycles. The molecule has 0 fully saturated rings. The van der Waals surface area contributed by atoms with Gasteiger partial charge < -0.3 is 15.2 Å². The SMILES string of the molecule is Cc1nn(-c2ccccc2)c(C)c1NC(=O)COC(=O)c1ccc(CO)cc1. The molecule has 0 unspecified atom stereocenters. The average Bonchev–Trinajstić information content (AvgIpc) is 3.01. The third-order valence-corrected chi connectivity index (χ3v) is 4.26. The first-order chi connectivity index (χ1) is 13.5. The molecule has 7 nitrogen and oxygen atoms in total. The molecule has 0 aliphatic carbocycles. The van der Waals surface area contributed by atoms with Crippen molar-refractivity contribution in [3.63, 3.8) is 0 Å². The van der Waals surface area contributed by atoms with Crippen LogP contribution in [0.2, 0.25) is 0 Å². The zero-order valence-corrected chi connectivity index (χ0v) is 15.7. The van der Waals surface area contributed by atoms with Crippen molar-refractivity contribution in [2.24, 2.45) is 0 Å². The smallest absolute Gasteiger partial charge is 0.338 e. The van der Waals surface area contributed by atoms with Crippen molar-refractivity contribution < 1.29 is 19.4 Å². The Hall–Kier alpha value is -3.45. The Bertz CT molecular complexity index is 979. The normalized spacial score (nSPS) is 10.5. The minimum Gasteiger partial charge on any atom is -0.452 e. The number of aliphatic hydroxyl groups is 1. The Morgan fingerprint density at radius 1 is 1.07 bits per heavy atom. The summed E-state index contributed by atoms with van der Waals surface area (Å²) < 4.78 is 6.82. The highest BCUT2D eigenvalue weighted by Crippen LogP contribution is 2.22. The Balaban J connectivity index is 1.63. The number of anilines is 1. The first kappa shape index (κ1) is 19.3. The van der Waals surface area contributed by atoms with Crippen LogP contribution in [0.4, 0.5) is 5.69 Å². The van der Waals surface area contributed by atoms with Gasteiger partial charge in [-0.05, 0) is 43.7 Å². The van der Waals surface area contributed by atoms with Gasteiger partial charge in [-0.1, -0.05) is 30.3 Å². The molecule has 1 aromatic heterocycles. The highest BCUT2D eigenvalue weighted by molar-refractivity contribution is 5.96. The van der Waals surface area contributed by atoms with Crippen molar-refractivity contribution in [1.29, 1.82) is 0 Å². The van der Waals surface area contributed by atoms with Gasteiger partial charge in [0.25, 0.3) is 5.91 Å². The zero-order chi connectivity index (χ0) is 20.1. The monoisotopic (exact) mass is 379 g/mol. The maximum Gasteiger partial charge on any atom is 0.338 e. The van der Waals surface area contributed by atoms with Crippen molar-refractivity contribution in [3.05, 3.63) is 77.1 Å². The van der Waals surface area contributed by atoms with E-state index in [1.54, 1.807) is 35.9 Å². The van der Waals surface area contributed by atoms with Gasteiger partial charge in [0, 0.05) is 0 Å². The number of benzene rings is 2. The van der Waals surface area contributed by atoms with Gasteiger partial charge in [0.05, 0.1) is 34.9 Å². The number of ether oxygens (including phenoxy) is 1. The second-order valence-electron chi connectivity index (χ2n) is 6.27. The molecule has 3 aromatic rings. The molecule has 2 aromatic carbocycles. The molecule has 3 rings (SSSR count). The Kier molecular flexibility index (Phi) is 5.86. The van der Waals surface area contributed by atoms with E-state index in [9.17, 15) is 9.59 Å². The van der Waals surface area contributed by atoms with E-state index in [0.717, 1.165) is 11.4 Å². The van der Waals surface area contributed by atoms with Gasteiger partial charge in [-0.15, -0.1) is 0 Å². The second kappa shape index (κ2) is 8.49. The lowest BCUT2D eigenvalue weighted by Crippen LogP contribution is -2.21. The van der Waals surface area contributed by atoms with E-state index >= 15 is 0 Å². The van der Waals surface area contributed by atoms with Crippen molar-refractivity contribution in [3.8, 4) is 5.69 Å². The molecule has 0 atom stereocenters. The number of aromatic nitrogens is 2. The topological polar surface area (TPSA) is 93.5 Å². The molecular formula is C21H21N3O4. The number of carbonyl (C=O) groups is 2. The summed E-state index contributed by atoms with van der Waals surface area (Å²) in [6.45, 7) is 3.15. The number of amides is 1. The van der Waals surface area contributed by atoms with Crippen LogP contribution in [0.15, 0.2) is 54.6 Å². The highest BCUT2D eigenvalue weighted by Gasteiger charge is 2.16. The van der Waals surface area contributed by atoms with E-state index in [0.29, 0.717) is 22.5 Å². The number of esters is 1. The summed E-state index contributed by atoms with van der Waals surface area (Å²) in [6, 6.07) is 15.9. The van der Waals surface area contributed by atoms with Crippen molar-refractivity contribution in [2.75, 3.05) is 11.9 Å². The molecule has 1 heterocycles. The lowest BCUT2D eigenvalue weighted by Gasteiger charge is -2.08. The summed E-state index contributed by atoms with van der Waals surface area (Å²) >= 11 is 0. The first-order valence-corrected chi connectivity index (χ1v) is 8.78. The lowest BCUT2D eigenvalue weighted by molar-refractivity contribution is -0.119. The minimum absolute atomic E-state index is 0.104. The molecule has 0 aliphatic heterocycles. The van der Waals surface area contributed by atoms with E-state index in [4.69, 9.17) is 9.84 Å². The quantitative estimate of drug-likeness (QED) is 0.643. The fraction of sp³-hybridized carbons (Fsp3) is 0.190. The van der Waals surface area contributed by atoms with Gasteiger partial charge in [-0.3, -0.25) is 4.79 Å². The Labute approximate surface area is 162 Å². The fourth-order valence-electron chi connectivity index (χ4n) is 2.78. The maximum absolute atomic E-state index is 12.2. The molecule has 7 heteroatoms. The van der Waals surface area contributed by atoms with E-state index < -0.39 is 18.5 Å². The van der Waals surface area contributed by atoms with Crippen LogP contribution in [0.3, 0.4) is 0 Å². The lowest BCUT2D eigenvalue weighted by atomic mass is 10.1. The number of rotatable bonds is 6. The van der Waals surface area contributed by atoms with Gasteiger partial charge in [-0.25, -0.2) is 9.48 Å². The number of aryl methyl sites for hydroxylation is 1. The average molecular weight is 379 g/mol. The number of aliphatic hydroxyl groups excluding tert-OH is 1. The number of hydrogen-bond donors (Lipinski definition) is 2. The predicted molar refractivity (Wildman–Crippen MR) is 104 cm³/mol. The minimum atomic E-state index is -0.604. The molecule has 0 bridgehead atoms. The molecule has 0 aliphatic rings. The molecular weight excluding hydrogens is 358 g/mol. The van der Waals surface area contributed by atoms with Gasteiger partial charge in [0.15, 0.2) is 6.61 Å². The summed E-state index contributed by atoms with van der Waals surface area (Å²) in [5.41, 5.74) is 3.94. The van der Waals surface area contributed by atoms with Crippen LogP contribution in [0.25, 0.3) is 5.69 Å². The summed E-state index contributed by atoms with van der Waals surface area (Å²) in [4.78, 5) is 24.3. The van der Waals surface area contributed by atoms with Crippen LogP contribution >= 0.6 is 0 Å². The number of nitrogens with one attached hydrogen (secondary N) is 1. The third-order valence-electron chi connectivity index (χ3n) is 4.26. The van der Waals surface area contributed by atoms with Crippen LogP contribution in [-0.2, 0) is 16.1 Å². The van der Waals surface area contributed by atoms with Crippen LogP contribution in [-0.4, -0.2) is 33.4 Å². The molecule has 144 valence electrons. The molecule has 0 radical (unpaired) electrons. The van der Waals surface area contributed by atoms with E-state index in [1.807, 2.05) is 37.3 Å². The van der Waals surface area contributed by atoms with Gasteiger partial charge >= 0.3 is 5.97 Å². The third kappa shape index (κ3) is 4.27. The van der Waals surface area contributed by atoms with Crippen LogP contribution < -0.4 is 5.32 Å². The summed E-state index contributed by atoms with van der Waals surface area (Å²) in [5, 5.41) is 16.3. The van der Waals surface area contributed by atoms with Crippen LogP contribution in [0.1, 0.15) is 27.3 Å². The first-order valence-electron chi connectivity index (χ1n) is 8.78. The molecule has 2 N–H and O–H groups in total. The Morgan fingerprint density at radius 2 is 1.75 bits per heavy atom. The van der Waals surface area contributed by atoms with Gasteiger partial charge in [-0.2, -0.15) is 5.10 Å². The fourth-order valence-corrected chi connectivity index (χ4v) is 2.78. The largest absolute Gasteiger partial charge is 0.452 e. The molecule has 0 spiro atoms. The summed E-state index contributed by atoms with van der Waals surface area (Å²) in [7, 11) is 0. The number of nitrogens with zero attached hydrogens (tertiary/aromatic N) is 2. The van der Waals surface area contributed by atoms with Crippen molar-refractivity contribution in [1.82, 2.24) is 9.78 Å². The molecule has 0 saturated heterocycles. The van der Waals surface area contributed by atoms with E-state index in [-0.39, 0.29) is 6.61 Å². The maximum atomic E-state index is 12.2. The van der Waals surface area contributed by atoms with E-state index in [2.05, 4.69) is 10.4 Å². The number of para-hydroxylation sites is 1.